The molecule has 0 aliphatic rings. The largest absolute Gasteiger partial charge is 0.495 e. The lowest BCUT2D eigenvalue weighted by Crippen LogP contribution is -2.33. The van der Waals surface area contributed by atoms with Crippen LogP contribution in [-0.4, -0.2) is 30.5 Å². The van der Waals surface area contributed by atoms with Gasteiger partial charge in [-0.1, -0.05) is 24.3 Å². The minimum atomic E-state index is -4.63. The number of methoxy groups -OCH3 is 1. The van der Waals surface area contributed by atoms with Crippen LogP contribution in [-0.2, 0) is 20.6 Å². The maximum Gasteiger partial charge on any atom is 0.418 e. The summed E-state index contributed by atoms with van der Waals surface area (Å²) in [6.07, 6.45) is -5.03. The summed E-state index contributed by atoms with van der Waals surface area (Å²) in [5.41, 5.74) is 0.940. The third-order valence-corrected chi connectivity index (χ3v) is 3.83. The Balaban J connectivity index is 1.93. The van der Waals surface area contributed by atoms with Crippen molar-refractivity contribution in [3.63, 3.8) is 0 Å². The molecule has 0 heterocycles. The average Bonchev–Trinajstić information content (AvgIpc) is 2.71. The van der Waals surface area contributed by atoms with Crippen molar-refractivity contribution in [3.8, 4) is 5.75 Å². The number of anilines is 2. The third-order valence-electron chi connectivity index (χ3n) is 3.83. The number of halogens is 3. The van der Waals surface area contributed by atoms with Crippen LogP contribution in [0.25, 0.3) is 0 Å². The van der Waals surface area contributed by atoms with E-state index in [2.05, 4.69) is 15.7 Å². The molecule has 2 aromatic rings. The standard InChI is InChI=1S/C20H19F3N4O4/c1-12(11-17(28)24-14-8-4-3-7-13(14)20(21,22)23)26-27-19(30)18(29)25-15-9-5-6-10-16(15)31-2/h3-10H,11H2,1-2H3,(H,24,28)(H,25,29)(H,27,30)/b26-12-. The molecule has 3 N–H and O–H groups in total. The van der Waals surface area contributed by atoms with Crippen molar-refractivity contribution < 1.29 is 32.3 Å². The van der Waals surface area contributed by atoms with Crippen molar-refractivity contribution in [2.45, 2.75) is 19.5 Å². The van der Waals surface area contributed by atoms with Crippen LogP contribution < -0.4 is 20.8 Å². The average molecular weight is 436 g/mol. The quantitative estimate of drug-likeness (QED) is 0.367. The summed E-state index contributed by atoms with van der Waals surface area (Å²) in [6.45, 7) is 1.37. The number of para-hydroxylation sites is 3. The van der Waals surface area contributed by atoms with E-state index in [0.717, 1.165) is 12.1 Å². The summed E-state index contributed by atoms with van der Waals surface area (Å²) in [5, 5.41) is 8.13. The lowest BCUT2D eigenvalue weighted by molar-refractivity contribution is -0.137. The Morgan fingerprint density at radius 1 is 0.935 bits per heavy atom. The second-order valence-electron chi connectivity index (χ2n) is 6.21. The van der Waals surface area contributed by atoms with Gasteiger partial charge < -0.3 is 15.4 Å². The molecule has 0 radical (unpaired) electrons. The number of hydrogen-bond acceptors (Lipinski definition) is 5. The summed E-state index contributed by atoms with van der Waals surface area (Å²) < 4.78 is 44.0. The molecular weight excluding hydrogens is 417 g/mol. The topological polar surface area (TPSA) is 109 Å². The Labute approximate surface area is 175 Å². The normalized spacial score (nSPS) is 11.5. The van der Waals surface area contributed by atoms with Crippen molar-refractivity contribution >= 4 is 34.8 Å². The van der Waals surface area contributed by atoms with E-state index in [1.54, 1.807) is 18.2 Å². The lowest BCUT2D eigenvalue weighted by Gasteiger charge is -2.13. The summed E-state index contributed by atoms with van der Waals surface area (Å²) in [4.78, 5) is 35.9. The number of carbonyl (C=O) groups is 3. The first kappa shape index (κ1) is 23.4. The van der Waals surface area contributed by atoms with Crippen molar-refractivity contribution in [1.29, 1.82) is 0 Å². The van der Waals surface area contributed by atoms with E-state index in [1.807, 2.05) is 5.43 Å². The highest BCUT2D eigenvalue weighted by Gasteiger charge is 2.33. The van der Waals surface area contributed by atoms with Crippen LogP contribution in [0.15, 0.2) is 53.6 Å². The number of nitrogens with zero attached hydrogens (tertiary/aromatic N) is 1. The van der Waals surface area contributed by atoms with Crippen molar-refractivity contribution in [1.82, 2.24) is 5.43 Å². The van der Waals surface area contributed by atoms with Crippen LogP contribution in [0, 0.1) is 0 Å². The molecule has 164 valence electrons. The molecule has 0 spiro atoms. The van der Waals surface area contributed by atoms with Gasteiger partial charge in [-0.05, 0) is 31.2 Å². The maximum absolute atomic E-state index is 13.0. The zero-order chi connectivity index (χ0) is 23.0. The van der Waals surface area contributed by atoms with Crippen LogP contribution in [0.3, 0.4) is 0 Å². The van der Waals surface area contributed by atoms with Crippen molar-refractivity contribution in [3.05, 3.63) is 54.1 Å². The highest BCUT2D eigenvalue weighted by atomic mass is 19.4. The van der Waals surface area contributed by atoms with Crippen molar-refractivity contribution in [2.24, 2.45) is 5.10 Å². The Morgan fingerprint density at radius 3 is 2.19 bits per heavy atom. The van der Waals surface area contributed by atoms with Crippen LogP contribution in [0.4, 0.5) is 24.5 Å². The van der Waals surface area contributed by atoms with E-state index in [0.29, 0.717) is 5.75 Å². The second kappa shape index (κ2) is 10.2. The molecule has 31 heavy (non-hydrogen) atoms. The number of rotatable bonds is 6. The Bertz CT molecular complexity index is 1010. The zero-order valence-electron chi connectivity index (χ0n) is 16.5. The predicted octanol–water partition coefficient (Wildman–Crippen LogP) is 3.17. The summed E-state index contributed by atoms with van der Waals surface area (Å²) in [5.74, 6) is -2.55. The molecule has 2 rings (SSSR count). The number of carbonyl (C=O) groups excluding carboxylic acids is 3. The highest BCUT2D eigenvalue weighted by molar-refractivity contribution is 6.39. The van der Waals surface area contributed by atoms with Crippen molar-refractivity contribution in [2.75, 3.05) is 17.7 Å². The maximum atomic E-state index is 13.0. The molecule has 0 bridgehead atoms. The first-order valence-electron chi connectivity index (χ1n) is 8.85. The summed E-state index contributed by atoms with van der Waals surface area (Å²) in [6, 6.07) is 11.0. The molecule has 0 unspecified atom stereocenters. The first-order chi connectivity index (χ1) is 14.6. The van der Waals surface area contributed by atoms with E-state index < -0.39 is 41.6 Å². The Hall–Kier alpha value is -3.89. The summed E-state index contributed by atoms with van der Waals surface area (Å²) in [7, 11) is 1.40. The SMILES string of the molecule is COc1ccccc1NC(=O)C(=O)N/N=C(/C)CC(=O)Nc1ccccc1C(F)(F)F. The molecule has 0 aliphatic carbocycles. The number of nitrogens with one attached hydrogen (secondary N) is 3. The molecule has 0 aliphatic heterocycles. The zero-order valence-corrected chi connectivity index (χ0v) is 16.5. The molecule has 3 amide bonds. The predicted molar refractivity (Wildman–Crippen MR) is 108 cm³/mol. The number of hydrogen-bond donors (Lipinski definition) is 3. The highest BCUT2D eigenvalue weighted by Crippen LogP contribution is 2.34. The molecule has 0 fully saturated rings. The number of alkyl halides is 3. The molecule has 0 atom stereocenters. The monoisotopic (exact) mass is 436 g/mol. The number of hydrazone groups is 1. The number of amides is 3. The fourth-order valence-electron chi connectivity index (χ4n) is 2.43. The van der Waals surface area contributed by atoms with Gasteiger partial charge in [0.05, 0.1) is 30.5 Å². The molecule has 0 aromatic heterocycles. The van der Waals surface area contributed by atoms with Gasteiger partial charge in [-0.25, -0.2) is 5.43 Å². The fraction of sp³-hybridized carbons (Fsp3) is 0.200. The lowest BCUT2D eigenvalue weighted by atomic mass is 10.1. The van der Waals surface area contributed by atoms with Crippen LogP contribution in [0.2, 0.25) is 0 Å². The van der Waals surface area contributed by atoms with Gasteiger partial charge in [0.15, 0.2) is 0 Å². The van der Waals surface area contributed by atoms with Gasteiger partial charge in [0.2, 0.25) is 5.91 Å². The van der Waals surface area contributed by atoms with Gasteiger partial charge in [0, 0.05) is 5.71 Å². The van der Waals surface area contributed by atoms with Crippen LogP contribution in [0.1, 0.15) is 18.9 Å². The molecule has 2 aromatic carbocycles. The number of ether oxygens (including phenoxy) is 1. The van der Waals surface area contributed by atoms with Gasteiger partial charge in [-0.15, -0.1) is 0 Å². The van der Waals surface area contributed by atoms with E-state index in [4.69, 9.17) is 4.74 Å². The molecule has 0 saturated heterocycles. The van der Waals surface area contributed by atoms with Gasteiger partial charge >= 0.3 is 18.0 Å². The molecular formula is C20H19F3N4O4. The van der Waals surface area contributed by atoms with Gasteiger partial charge in [0.1, 0.15) is 5.75 Å². The third kappa shape index (κ3) is 6.84. The van der Waals surface area contributed by atoms with Gasteiger partial charge in [-0.2, -0.15) is 18.3 Å². The smallest absolute Gasteiger partial charge is 0.418 e. The van der Waals surface area contributed by atoms with Crippen LogP contribution in [0.5, 0.6) is 5.75 Å². The van der Waals surface area contributed by atoms with E-state index in [9.17, 15) is 27.6 Å². The fourth-order valence-corrected chi connectivity index (χ4v) is 2.43. The number of benzene rings is 2. The Morgan fingerprint density at radius 2 is 1.55 bits per heavy atom. The first-order valence-corrected chi connectivity index (χ1v) is 8.85. The molecule has 0 saturated carbocycles. The van der Waals surface area contributed by atoms with E-state index in [1.165, 1.54) is 32.2 Å². The van der Waals surface area contributed by atoms with E-state index in [-0.39, 0.29) is 11.4 Å². The second-order valence-corrected chi connectivity index (χ2v) is 6.21. The minimum absolute atomic E-state index is 0.0698. The molecule has 11 heteroatoms. The van der Waals surface area contributed by atoms with Gasteiger partial charge in [0.25, 0.3) is 0 Å². The molecule has 8 nitrogen and oxygen atoms in total. The van der Waals surface area contributed by atoms with Gasteiger partial charge in [-0.3, -0.25) is 14.4 Å². The minimum Gasteiger partial charge on any atom is -0.495 e. The van der Waals surface area contributed by atoms with Crippen LogP contribution >= 0.6 is 0 Å². The van der Waals surface area contributed by atoms with E-state index >= 15 is 0 Å². The summed E-state index contributed by atoms with van der Waals surface area (Å²) >= 11 is 0. The Kier molecular flexibility index (Phi) is 7.72.